The number of anilines is 6. The molecule has 0 amide bonds. The number of H-pyrrole nitrogens is 1. The highest BCUT2D eigenvalue weighted by molar-refractivity contribution is 7.25. The molecule has 67 heavy (non-hydrogen) atoms. The molecule has 1 aliphatic carbocycles. The number of rotatable bonds is 8. The van der Waals surface area contributed by atoms with E-state index in [0.717, 1.165) is 45.2 Å². The lowest BCUT2D eigenvalue weighted by molar-refractivity contribution is 0.660. The number of nitrogens with one attached hydrogen (secondary N) is 1. The van der Waals surface area contributed by atoms with Crippen LogP contribution in [0.15, 0.2) is 231 Å². The van der Waals surface area contributed by atoms with E-state index in [4.69, 9.17) is 0 Å². The number of para-hydroxylation sites is 3. The number of aromatic nitrogens is 1. The van der Waals surface area contributed by atoms with Crippen LogP contribution in [0.3, 0.4) is 0 Å². The van der Waals surface area contributed by atoms with E-state index < -0.39 is 0 Å². The van der Waals surface area contributed by atoms with Gasteiger partial charge in [-0.05, 0) is 124 Å². The van der Waals surface area contributed by atoms with Crippen molar-refractivity contribution in [2.75, 3.05) is 9.80 Å². The fourth-order valence-electron chi connectivity index (χ4n) is 10.7. The molecule has 10 aromatic carbocycles. The van der Waals surface area contributed by atoms with Gasteiger partial charge in [0.25, 0.3) is 0 Å². The molecule has 0 saturated carbocycles. The number of thiophene rings is 1. The zero-order valence-corrected chi connectivity index (χ0v) is 38.1. The topological polar surface area (TPSA) is 22.3 Å². The smallest absolute Gasteiger partial charge is 0.0546 e. The van der Waals surface area contributed by atoms with E-state index in [0.29, 0.717) is 0 Å². The summed E-state index contributed by atoms with van der Waals surface area (Å²) in [6.07, 6.45) is 0. The zero-order valence-electron chi connectivity index (χ0n) is 37.2. The molecule has 0 fully saturated rings. The van der Waals surface area contributed by atoms with Gasteiger partial charge < -0.3 is 14.8 Å². The normalized spacial score (nSPS) is 12.7. The standard InChI is InChI=1S/C63H45N3S/c1-63(2)57-24-14-12-22-50(57)51-34-31-47(39-58(51)63)66(46-29-26-42(27-30-46)41-16-6-3-7-17-41)49-37-55(62-56(38-49)52-23-13-15-25-59(52)64-62)43-28-33-53-54-35-32-48(40-61(54)67-60(53)36-43)65(44-18-8-4-9-19-44)45-20-10-5-11-21-45/h3-40,64H,1-2H3. The van der Waals surface area contributed by atoms with Crippen molar-refractivity contribution in [1.82, 2.24) is 4.98 Å². The molecule has 0 aliphatic heterocycles. The largest absolute Gasteiger partial charge is 0.354 e. The predicted molar refractivity (Wildman–Crippen MR) is 286 cm³/mol. The number of hydrogen-bond acceptors (Lipinski definition) is 3. The van der Waals surface area contributed by atoms with E-state index in [1.54, 1.807) is 0 Å². The molecule has 0 atom stereocenters. The van der Waals surface area contributed by atoms with Crippen LogP contribution in [0, 0.1) is 0 Å². The highest BCUT2D eigenvalue weighted by Crippen LogP contribution is 2.52. The van der Waals surface area contributed by atoms with Crippen molar-refractivity contribution in [3.8, 4) is 33.4 Å². The Morgan fingerprint density at radius 3 is 1.64 bits per heavy atom. The van der Waals surface area contributed by atoms with Gasteiger partial charge in [0, 0.05) is 81.6 Å². The van der Waals surface area contributed by atoms with Crippen LogP contribution in [0.1, 0.15) is 25.0 Å². The molecule has 4 heteroatoms. The van der Waals surface area contributed by atoms with Crippen molar-refractivity contribution >= 4 is 87.4 Å². The van der Waals surface area contributed by atoms with Crippen molar-refractivity contribution in [2.24, 2.45) is 0 Å². The molecule has 13 rings (SSSR count). The van der Waals surface area contributed by atoms with Gasteiger partial charge >= 0.3 is 0 Å². The second-order valence-corrected chi connectivity index (χ2v) is 19.3. The maximum absolute atomic E-state index is 3.88. The molecule has 2 heterocycles. The molecule has 0 unspecified atom stereocenters. The molecular weight excluding hydrogens is 831 g/mol. The minimum atomic E-state index is -0.140. The van der Waals surface area contributed by atoms with Crippen LogP contribution in [0.4, 0.5) is 34.1 Å². The SMILES string of the molecule is CC1(C)c2ccccc2-c2ccc(N(c3ccc(-c4ccccc4)cc3)c3cc(-c4ccc5c(c4)sc4cc(N(c6ccccc6)c6ccccc6)ccc45)c4[nH]c5ccccc5c4c3)cc21. The first-order valence-electron chi connectivity index (χ1n) is 23.1. The minimum absolute atomic E-state index is 0.140. The quantitative estimate of drug-likeness (QED) is 0.164. The van der Waals surface area contributed by atoms with Crippen molar-refractivity contribution in [1.29, 1.82) is 0 Å². The molecule has 0 saturated heterocycles. The van der Waals surface area contributed by atoms with E-state index >= 15 is 0 Å². The van der Waals surface area contributed by atoms with Crippen LogP contribution in [-0.4, -0.2) is 4.98 Å². The Bertz CT molecular complexity index is 3790. The Morgan fingerprint density at radius 2 is 0.881 bits per heavy atom. The molecule has 3 nitrogen and oxygen atoms in total. The van der Waals surface area contributed by atoms with Crippen LogP contribution in [0.25, 0.3) is 75.4 Å². The number of nitrogens with zero attached hydrogens (tertiary/aromatic N) is 2. The van der Waals surface area contributed by atoms with Crippen LogP contribution < -0.4 is 9.80 Å². The third kappa shape index (κ3) is 6.47. The predicted octanol–water partition coefficient (Wildman–Crippen LogP) is 18.3. The van der Waals surface area contributed by atoms with E-state index in [-0.39, 0.29) is 5.41 Å². The Balaban J connectivity index is 0.988. The summed E-state index contributed by atoms with van der Waals surface area (Å²) in [5.74, 6) is 0. The van der Waals surface area contributed by atoms with Crippen LogP contribution in [0.2, 0.25) is 0 Å². The number of hydrogen-bond donors (Lipinski definition) is 1. The lowest BCUT2D eigenvalue weighted by Crippen LogP contribution is -2.16. The summed E-state index contributed by atoms with van der Waals surface area (Å²) in [7, 11) is 0. The third-order valence-electron chi connectivity index (χ3n) is 14.0. The molecule has 0 radical (unpaired) electrons. The summed E-state index contributed by atoms with van der Waals surface area (Å²) in [5.41, 5.74) is 19.0. The minimum Gasteiger partial charge on any atom is -0.354 e. The van der Waals surface area contributed by atoms with Gasteiger partial charge in [-0.25, -0.2) is 0 Å². The van der Waals surface area contributed by atoms with E-state index in [1.165, 1.54) is 75.5 Å². The fraction of sp³-hybridized carbons (Fsp3) is 0.0476. The van der Waals surface area contributed by atoms with Gasteiger partial charge in [0.1, 0.15) is 0 Å². The molecule has 1 N–H and O–H groups in total. The average Bonchev–Trinajstić information content (AvgIpc) is 4.02. The fourth-order valence-corrected chi connectivity index (χ4v) is 11.9. The first-order valence-corrected chi connectivity index (χ1v) is 23.9. The van der Waals surface area contributed by atoms with Crippen molar-refractivity contribution < 1.29 is 0 Å². The summed E-state index contributed by atoms with van der Waals surface area (Å²) in [4.78, 5) is 8.68. The van der Waals surface area contributed by atoms with Crippen molar-refractivity contribution in [3.63, 3.8) is 0 Å². The van der Waals surface area contributed by atoms with Crippen LogP contribution in [-0.2, 0) is 5.41 Å². The molecule has 318 valence electrons. The molecule has 1 aliphatic rings. The van der Waals surface area contributed by atoms with E-state index in [2.05, 4.69) is 259 Å². The monoisotopic (exact) mass is 875 g/mol. The van der Waals surface area contributed by atoms with Gasteiger partial charge in [0.2, 0.25) is 0 Å². The van der Waals surface area contributed by atoms with Gasteiger partial charge in [-0.1, -0.05) is 159 Å². The van der Waals surface area contributed by atoms with Crippen LogP contribution in [0.5, 0.6) is 0 Å². The molecular formula is C63H45N3S. The summed E-state index contributed by atoms with van der Waals surface area (Å²) >= 11 is 1.87. The lowest BCUT2D eigenvalue weighted by Gasteiger charge is -2.29. The number of aromatic amines is 1. The van der Waals surface area contributed by atoms with E-state index in [1.807, 2.05) is 11.3 Å². The maximum Gasteiger partial charge on any atom is 0.0546 e. The lowest BCUT2D eigenvalue weighted by atomic mass is 9.82. The summed E-state index contributed by atoms with van der Waals surface area (Å²) in [6, 6.07) is 84.5. The summed E-state index contributed by atoms with van der Waals surface area (Å²) < 4.78 is 2.52. The second kappa shape index (κ2) is 15.5. The second-order valence-electron chi connectivity index (χ2n) is 18.2. The number of fused-ring (bicyclic) bond motifs is 9. The van der Waals surface area contributed by atoms with Gasteiger partial charge in [-0.3, -0.25) is 0 Å². The highest BCUT2D eigenvalue weighted by Gasteiger charge is 2.36. The third-order valence-corrected chi connectivity index (χ3v) is 15.1. The molecule has 2 aromatic heterocycles. The molecule has 12 aromatic rings. The van der Waals surface area contributed by atoms with Gasteiger partial charge in [0.15, 0.2) is 0 Å². The maximum atomic E-state index is 3.88. The van der Waals surface area contributed by atoms with Gasteiger partial charge in [-0.15, -0.1) is 11.3 Å². The Labute approximate surface area is 394 Å². The Hall–Kier alpha value is -8.18. The molecule has 0 spiro atoms. The number of benzene rings is 10. The first-order chi connectivity index (χ1) is 33.0. The van der Waals surface area contributed by atoms with Crippen molar-refractivity contribution in [2.45, 2.75) is 19.3 Å². The van der Waals surface area contributed by atoms with Crippen molar-refractivity contribution in [3.05, 3.63) is 242 Å². The highest BCUT2D eigenvalue weighted by atomic mass is 32.1. The van der Waals surface area contributed by atoms with Gasteiger partial charge in [-0.2, -0.15) is 0 Å². The average molecular weight is 876 g/mol. The van der Waals surface area contributed by atoms with E-state index in [9.17, 15) is 0 Å². The van der Waals surface area contributed by atoms with Crippen LogP contribution >= 0.6 is 11.3 Å². The van der Waals surface area contributed by atoms with Gasteiger partial charge in [0.05, 0.1) is 5.52 Å². The molecule has 0 bridgehead atoms. The zero-order chi connectivity index (χ0) is 44.6. The Kier molecular flexibility index (Phi) is 9.06. The summed E-state index contributed by atoms with van der Waals surface area (Å²) in [5, 5.41) is 4.95. The summed E-state index contributed by atoms with van der Waals surface area (Å²) in [6.45, 7) is 4.73. The first kappa shape index (κ1) is 39.2. The Morgan fingerprint density at radius 1 is 0.343 bits per heavy atom.